The van der Waals surface area contributed by atoms with Gasteiger partial charge in [-0.3, -0.25) is 14.4 Å². The SMILES string of the molecule is COc1ccc(C(=O)CNC(=O)CCC(=O)NCC2CNCC2O)cc1. The Balaban J connectivity index is 1.63. The summed E-state index contributed by atoms with van der Waals surface area (Å²) in [5, 5.41) is 17.9. The van der Waals surface area contributed by atoms with E-state index >= 15 is 0 Å². The minimum absolute atomic E-state index is 0.00473. The van der Waals surface area contributed by atoms with E-state index in [1.54, 1.807) is 31.4 Å². The van der Waals surface area contributed by atoms with Crippen LogP contribution in [0.2, 0.25) is 0 Å². The molecule has 26 heavy (non-hydrogen) atoms. The highest BCUT2D eigenvalue weighted by Crippen LogP contribution is 2.11. The second-order valence-corrected chi connectivity index (χ2v) is 6.22. The van der Waals surface area contributed by atoms with Gasteiger partial charge in [0.25, 0.3) is 0 Å². The van der Waals surface area contributed by atoms with E-state index in [0.717, 1.165) is 0 Å². The zero-order valence-electron chi connectivity index (χ0n) is 14.8. The molecule has 4 N–H and O–H groups in total. The smallest absolute Gasteiger partial charge is 0.220 e. The van der Waals surface area contributed by atoms with Crippen LogP contribution < -0.4 is 20.7 Å². The van der Waals surface area contributed by atoms with E-state index in [-0.39, 0.29) is 42.9 Å². The third kappa shape index (κ3) is 6.12. The number of hydrogen-bond donors (Lipinski definition) is 4. The van der Waals surface area contributed by atoms with Crippen molar-refractivity contribution in [3.8, 4) is 5.75 Å². The average Bonchev–Trinajstić information content (AvgIpc) is 3.07. The van der Waals surface area contributed by atoms with Crippen molar-refractivity contribution in [1.29, 1.82) is 0 Å². The van der Waals surface area contributed by atoms with Gasteiger partial charge in [-0.15, -0.1) is 0 Å². The van der Waals surface area contributed by atoms with Gasteiger partial charge in [-0.2, -0.15) is 0 Å². The Morgan fingerprint density at radius 2 is 1.77 bits per heavy atom. The molecule has 0 radical (unpaired) electrons. The molecule has 1 fully saturated rings. The van der Waals surface area contributed by atoms with E-state index in [0.29, 0.717) is 30.9 Å². The minimum Gasteiger partial charge on any atom is -0.497 e. The number of Topliss-reactive ketones (excluding diaryl/α,β-unsaturated/α-hetero) is 1. The summed E-state index contributed by atoms with van der Waals surface area (Å²) in [6.07, 6.45) is -0.408. The van der Waals surface area contributed by atoms with Gasteiger partial charge in [0.15, 0.2) is 5.78 Å². The van der Waals surface area contributed by atoms with E-state index in [1.807, 2.05) is 0 Å². The molecule has 0 aliphatic carbocycles. The van der Waals surface area contributed by atoms with Crippen molar-refractivity contribution >= 4 is 17.6 Å². The fourth-order valence-electron chi connectivity index (χ4n) is 2.63. The summed E-state index contributed by atoms with van der Waals surface area (Å²) < 4.78 is 5.02. The lowest BCUT2D eigenvalue weighted by atomic mass is 10.1. The molecule has 0 aromatic heterocycles. The molecule has 8 nitrogen and oxygen atoms in total. The maximum Gasteiger partial charge on any atom is 0.220 e. The molecule has 2 atom stereocenters. The van der Waals surface area contributed by atoms with Gasteiger partial charge < -0.3 is 25.8 Å². The maximum absolute atomic E-state index is 12.0. The molecule has 2 unspecified atom stereocenters. The highest BCUT2D eigenvalue weighted by atomic mass is 16.5. The number of ketones is 1. The van der Waals surface area contributed by atoms with E-state index in [2.05, 4.69) is 16.0 Å². The highest BCUT2D eigenvalue weighted by Gasteiger charge is 2.25. The van der Waals surface area contributed by atoms with Crippen LogP contribution in [0.15, 0.2) is 24.3 Å². The van der Waals surface area contributed by atoms with E-state index in [4.69, 9.17) is 4.74 Å². The summed E-state index contributed by atoms with van der Waals surface area (Å²) in [5.41, 5.74) is 0.479. The summed E-state index contributed by atoms with van der Waals surface area (Å²) in [6, 6.07) is 6.62. The third-order valence-electron chi connectivity index (χ3n) is 4.30. The average molecular weight is 363 g/mol. The zero-order valence-corrected chi connectivity index (χ0v) is 14.8. The lowest BCUT2D eigenvalue weighted by molar-refractivity contribution is -0.126. The van der Waals surface area contributed by atoms with Crippen molar-refractivity contribution < 1.29 is 24.2 Å². The number of benzene rings is 1. The molecule has 0 saturated carbocycles. The predicted molar refractivity (Wildman–Crippen MR) is 94.9 cm³/mol. The van der Waals surface area contributed by atoms with Crippen LogP contribution >= 0.6 is 0 Å². The zero-order chi connectivity index (χ0) is 18.9. The molecule has 1 aliphatic rings. The Kier molecular flexibility index (Phi) is 7.55. The fourth-order valence-corrected chi connectivity index (χ4v) is 2.63. The minimum atomic E-state index is -0.456. The van der Waals surface area contributed by atoms with E-state index in [9.17, 15) is 19.5 Å². The first-order valence-electron chi connectivity index (χ1n) is 8.59. The number of β-amino-alcohol motifs (C(OH)–C–C–N with tert-alkyl or cyclic N) is 1. The molecule has 1 aromatic carbocycles. The second-order valence-electron chi connectivity index (χ2n) is 6.22. The van der Waals surface area contributed by atoms with Crippen LogP contribution in [0.1, 0.15) is 23.2 Å². The Morgan fingerprint density at radius 1 is 1.12 bits per heavy atom. The van der Waals surface area contributed by atoms with Crippen LogP contribution in [0.5, 0.6) is 5.75 Å². The summed E-state index contributed by atoms with van der Waals surface area (Å²) in [7, 11) is 1.54. The lowest BCUT2D eigenvalue weighted by Gasteiger charge is -2.14. The van der Waals surface area contributed by atoms with Crippen LogP contribution in [0.25, 0.3) is 0 Å². The summed E-state index contributed by atoms with van der Waals surface area (Å²) in [4.78, 5) is 35.5. The lowest BCUT2D eigenvalue weighted by Crippen LogP contribution is -2.35. The topological polar surface area (TPSA) is 117 Å². The van der Waals surface area contributed by atoms with Gasteiger partial charge in [-0.1, -0.05) is 0 Å². The highest BCUT2D eigenvalue weighted by molar-refractivity contribution is 5.99. The number of ether oxygens (including phenoxy) is 1. The largest absolute Gasteiger partial charge is 0.497 e. The molecule has 2 rings (SSSR count). The molecular formula is C18H25N3O5. The molecule has 2 amide bonds. The van der Waals surface area contributed by atoms with Gasteiger partial charge in [0.1, 0.15) is 5.75 Å². The first kappa shape index (κ1) is 19.9. The number of nitrogens with one attached hydrogen (secondary N) is 3. The monoisotopic (exact) mass is 363 g/mol. The van der Waals surface area contributed by atoms with Crippen LogP contribution in [0.4, 0.5) is 0 Å². The first-order valence-corrected chi connectivity index (χ1v) is 8.59. The number of carbonyl (C=O) groups excluding carboxylic acids is 3. The second kappa shape index (κ2) is 9.88. The van der Waals surface area contributed by atoms with Gasteiger partial charge in [0.05, 0.1) is 19.8 Å². The van der Waals surface area contributed by atoms with Crippen molar-refractivity contribution in [1.82, 2.24) is 16.0 Å². The van der Waals surface area contributed by atoms with Gasteiger partial charge in [0, 0.05) is 44.0 Å². The summed E-state index contributed by atoms with van der Waals surface area (Å²) >= 11 is 0. The standard InChI is InChI=1S/C18H25N3O5/c1-26-14-4-2-12(3-5-14)16(23)11-21-18(25)7-6-17(24)20-9-13-8-19-10-15(13)22/h2-5,13,15,19,22H,6-11H2,1H3,(H,20,24)(H,21,25). The summed E-state index contributed by atoms with van der Waals surface area (Å²) in [5.74, 6) is -0.175. The van der Waals surface area contributed by atoms with Crippen LogP contribution in [0.3, 0.4) is 0 Å². The number of amides is 2. The maximum atomic E-state index is 12.0. The molecule has 1 aromatic rings. The van der Waals surface area contributed by atoms with Gasteiger partial charge >= 0.3 is 0 Å². The van der Waals surface area contributed by atoms with Crippen LogP contribution in [-0.2, 0) is 9.59 Å². The number of aliphatic hydroxyl groups excluding tert-OH is 1. The molecule has 0 bridgehead atoms. The predicted octanol–water partition coefficient (Wildman–Crippen LogP) is -0.529. The Labute approximate surface area is 152 Å². The van der Waals surface area contributed by atoms with E-state index < -0.39 is 6.10 Å². The van der Waals surface area contributed by atoms with Gasteiger partial charge in [-0.05, 0) is 24.3 Å². The molecular weight excluding hydrogens is 338 g/mol. The number of methoxy groups -OCH3 is 1. The molecule has 1 heterocycles. The molecule has 1 aliphatic heterocycles. The Hall–Kier alpha value is -2.45. The Bertz CT molecular complexity index is 632. The van der Waals surface area contributed by atoms with Crippen molar-refractivity contribution in [3.05, 3.63) is 29.8 Å². The third-order valence-corrected chi connectivity index (χ3v) is 4.30. The number of aliphatic hydroxyl groups is 1. The first-order chi connectivity index (χ1) is 12.5. The molecule has 0 spiro atoms. The fraction of sp³-hybridized carbons (Fsp3) is 0.500. The van der Waals surface area contributed by atoms with Gasteiger partial charge in [-0.25, -0.2) is 0 Å². The quantitative estimate of drug-likeness (QED) is 0.438. The van der Waals surface area contributed by atoms with E-state index in [1.165, 1.54) is 0 Å². The number of hydrogen-bond acceptors (Lipinski definition) is 6. The number of carbonyl (C=O) groups is 3. The van der Waals surface area contributed by atoms with Crippen molar-refractivity contribution in [2.45, 2.75) is 18.9 Å². The normalized spacial score (nSPS) is 19.0. The van der Waals surface area contributed by atoms with Crippen LogP contribution in [0, 0.1) is 5.92 Å². The number of rotatable bonds is 9. The van der Waals surface area contributed by atoms with Crippen molar-refractivity contribution in [2.75, 3.05) is 33.3 Å². The molecule has 1 saturated heterocycles. The molecule has 8 heteroatoms. The Morgan fingerprint density at radius 3 is 2.35 bits per heavy atom. The van der Waals surface area contributed by atoms with Gasteiger partial charge in [0.2, 0.25) is 11.8 Å². The van der Waals surface area contributed by atoms with Crippen molar-refractivity contribution in [2.24, 2.45) is 5.92 Å². The summed E-state index contributed by atoms with van der Waals surface area (Å²) in [6.45, 7) is 1.46. The van der Waals surface area contributed by atoms with Crippen LogP contribution in [-0.4, -0.2) is 62.1 Å². The van der Waals surface area contributed by atoms with Crippen molar-refractivity contribution in [3.63, 3.8) is 0 Å². The molecule has 142 valence electrons.